The highest BCUT2D eigenvalue weighted by Gasteiger charge is 2.02. The molecule has 0 saturated heterocycles. The van der Waals surface area contributed by atoms with E-state index >= 15 is 0 Å². The Hall–Kier alpha value is -0.710. The Balaban J connectivity index is 2.05. The van der Waals surface area contributed by atoms with Crippen LogP contribution in [-0.2, 0) is 11.3 Å². The van der Waals surface area contributed by atoms with E-state index in [0.717, 1.165) is 43.4 Å². The van der Waals surface area contributed by atoms with Gasteiger partial charge in [0.2, 0.25) is 0 Å². The van der Waals surface area contributed by atoms with Gasteiger partial charge in [-0.05, 0) is 20.3 Å². The van der Waals surface area contributed by atoms with Crippen LogP contribution in [0.1, 0.15) is 22.0 Å². The van der Waals surface area contributed by atoms with Crippen LogP contribution in [0.5, 0.6) is 0 Å². The Labute approximate surface area is 102 Å². The van der Waals surface area contributed by atoms with Gasteiger partial charge in [0.15, 0.2) is 0 Å². The van der Waals surface area contributed by atoms with Crippen molar-refractivity contribution in [3.63, 3.8) is 0 Å². The van der Waals surface area contributed by atoms with Crippen molar-refractivity contribution in [1.82, 2.24) is 10.3 Å². The lowest BCUT2D eigenvalue weighted by Gasteiger charge is -2.03. The van der Waals surface area contributed by atoms with Crippen LogP contribution in [0.4, 0.5) is 0 Å². The highest BCUT2D eigenvalue weighted by Crippen LogP contribution is 2.15. The first-order valence-corrected chi connectivity index (χ1v) is 6.38. The monoisotopic (exact) mass is 240 g/mol. The molecule has 0 aromatic carbocycles. The molecule has 0 aliphatic heterocycles. The second-order valence-electron chi connectivity index (χ2n) is 3.62. The van der Waals surface area contributed by atoms with E-state index in [1.807, 2.05) is 13.0 Å². The summed E-state index contributed by atoms with van der Waals surface area (Å²) in [6.07, 6.45) is 2.79. The highest BCUT2D eigenvalue weighted by atomic mass is 32.1. The molecule has 0 aliphatic rings. The maximum atomic E-state index is 5.39. The summed E-state index contributed by atoms with van der Waals surface area (Å²) in [6, 6.07) is 0. The molecular weight excluding hydrogens is 220 g/mol. The van der Waals surface area contributed by atoms with Crippen molar-refractivity contribution in [2.45, 2.75) is 26.8 Å². The lowest BCUT2D eigenvalue weighted by Crippen LogP contribution is -2.19. The lowest BCUT2D eigenvalue weighted by molar-refractivity contribution is 0.140. The van der Waals surface area contributed by atoms with Crippen molar-refractivity contribution < 1.29 is 4.74 Å². The molecule has 90 valence electrons. The standard InChI is InChI=1S/C12H20N2OS/c1-4-5-7-15-8-6-13-9-12-14-10(2)11(3)16-12/h4,13H,1,5-9H2,2-3H3. The van der Waals surface area contributed by atoms with Crippen molar-refractivity contribution in [2.75, 3.05) is 19.8 Å². The minimum atomic E-state index is 0.747. The molecule has 16 heavy (non-hydrogen) atoms. The van der Waals surface area contributed by atoms with Gasteiger partial charge in [0, 0.05) is 18.0 Å². The van der Waals surface area contributed by atoms with Gasteiger partial charge in [0.1, 0.15) is 5.01 Å². The molecule has 0 atom stereocenters. The fraction of sp³-hybridized carbons (Fsp3) is 0.583. The molecule has 0 spiro atoms. The molecule has 0 saturated carbocycles. The number of rotatable bonds is 8. The second kappa shape index (κ2) is 7.54. The number of hydrogen-bond donors (Lipinski definition) is 1. The summed E-state index contributed by atoms with van der Waals surface area (Å²) >= 11 is 1.76. The van der Waals surface area contributed by atoms with Gasteiger partial charge in [-0.15, -0.1) is 17.9 Å². The maximum Gasteiger partial charge on any atom is 0.107 e. The Bertz CT molecular complexity index is 303. The number of aromatic nitrogens is 1. The SMILES string of the molecule is C=CCCOCCNCc1nc(C)c(C)s1. The summed E-state index contributed by atoms with van der Waals surface area (Å²) in [6.45, 7) is 11.0. The van der Waals surface area contributed by atoms with E-state index in [1.165, 1.54) is 4.88 Å². The van der Waals surface area contributed by atoms with Gasteiger partial charge < -0.3 is 10.1 Å². The zero-order valence-electron chi connectivity index (χ0n) is 10.1. The Morgan fingerprint density at radius 3 is 2.88 bits per heavy atom. The van der Waals surface area contributed by atoms with Crippen LogP contribution in [-0.4, -0.2) is 24.7 Å². The molecular formula is C12H20N2OS. The molecule has 1 aromatic rings. The highest BCUT2D eigenvalue weighted by molar-refractivity contribution is 7.11. The minimum Gasteiger partial charge on any atom is -0.380 e. The van der Waals surface area contributed by atoms with Crippen LogP contribution in [0.2, 0.25) is 0 Å². The average molecular weight is 240 g/mol. The smallest absolute Gasteiger partial charge is 0.107 e. The van der Waals surface area contributed by atoms with Crippen molar-refractivity contribution in [3.8, 4) is 0 Å². The van der Waals surface area contributed by atoms with Crippen LogP contribution < -0.4 is 5.32 Å². The number of hydrogen-bond acceptors (Lipinski definition) is 4. The number of nitrogens with zero attached hydrogens (tertiary/aromatic N) is 1. The van der Waals surface area contributed by atoms with Gasteiger partial charge in [0.05, 0.1) is 18.9 Å². The van der Waals surface area contributed by atoms with Crippen LogP contribution in [0, 0.1) is 13.8 Å². The van der Waals surface area contributed by atoms with E-state index in [1.54, 1.807) is 11.3 Å². The van der Waals surface area contributed by atoms with Gasteiger partial charge in [-0.1, -0.05) is 6.08 Å². The molecule has 0 amide bonds. The average Bonchev–Trinajstić information content (AvgIpc) is 2.57. The predicted molar refractivity (Wildman–Crippen MR) is 68.9 cm³/mol. The normalized spacial score (nSPS) is 10.6. The van der Waals surface area contributed by atoms with Crippen molar-refractivity contribution in [3.05, 3.63) is 28.2 Å². The van der Waals surface area contributed by atoms with E-state index in [9.17, 15) is 0 Å². The van der Waals surface area contributed by atoms with E-state index in [4.69, 9.17) is 4.74 Å². The first kappa shape index (κ1) is 13.4. The summed E-state index contributed by atoms with van der Waals surface area (Å²) in [5, 5.41) is 4.47. The predicted octanol–water partition coefficient (Wildman–Crippen LogP) is 2.44. The van der Waals surface area contributed by atoms with Crippen molar-refractivity contribution in [1.29, 1.82) is 0 Å². The molecule has 0 aliphatic carbocycles. The summed E-state index contributed by atoms with van der Waals surface area (Å²) in [5.74, 6) is 0. The van der Waals surface area contributed by atoms with Crippen LogP contribution in [0.25, 0.3) is 0 Å². The molecule has 1 N–H and O–H groups in total. The second-order valence-corrected chi connectivity index (χ2v) is 4.90. The molecule has 1 aromatic heterocycles. The van der Waals surface area contributed by atoms with Gasteiger partial charge >= 0.3 is 0 Å². The Morgan fingerprint density at radius 2 is 2.25 bits per heavy atom. The van der Waals surface area contributed by atoms with Gasteiger partial charge in [-0.2, -0.15) is 0 Å². The Morgan fingerprint density at radius 1 is 1.44 bits per heavy atom. The van der Waals surface area contributed by atoms with E-state index in [2.05, 4.69) is 23.8 Å². The third kappa shape index (κ3) is 4.88. The van der Waals surface area contributed by atoms with Crippen LogP contribution in [0.15, 0.2) is 12.7 Å². The summed E-state index contributed by atoms with van der Waals surface area (Å²) in [4.78, 5) is 5.76. The zero-order valence-corrected chi connectivity index (χ0v) is 10.9. The van der Waals surface area contributed by atoms with E-state index in [0.29, 0.717) is 0 Å². The first-order valence-electron chi connectivity index (χ1n) is 5.56. The topological polar surface area (TPSA) is 34.1 Å². The van der Waals surface area contributed by atoms with Gasteiger partial charge in [-0.3, -0.25) is 0 Å². The number of aryl methyl sites for hydroxylation is 2. The summed E-state index contributed by atoms with van der Waals surface area (Å²) < 4.78 is 5.39. The third-order valence-electron chi connectivity index (χ3n) is 2.24. The zero-order chi connectivity index (χ0) is 11.8. The molecule has 4 heteroatoms. The molecule has 0 fully saturated rings. The lowest BCUT2D eigenvalue weighted by atomic mass is 10.4. The maximum absolute atomic E-state index is 5.39. The summed E-state index contributed by atoms with van der Waals surface area (Å²) in [7, 11) is 0. The molecule has 1 rings (SSSR count). The van der Waals surface area contributed by atoms with E-state index < -0.39 is 0 Å². The number of thiazole rings is 1. The summed E-state index contributed by atoms with van der Waals surface area (Å²) in [5.41, 5.74) is 1.14. The number of nitrogens with one attached hydrogen (secondary N) is 1. The van der Waals surface area contributed by atoms with Gasteiger partial charge in [-0.25, -0.2) is 4.98 Å². The first-order chi connectivity index (χ1) is 7.74. The van der Waals surface area contributed by atoms with Crippen molar-refractivity contribution >= 4 is 11.3 Å². The molecule has 0 unspecified atom stereocenters. The largest absolute Gasteiger partial charge is 0.380 e. The van der Waals surface area contributed by atoms with E-state index in [-0.39, 0.29) is 0 Å². The molecule has 0 radical (unpaired) electrons. The van der Waals surface area contributed by atoms with Crippen LogP contribution >= 0.6 is 11.3 Å². The number of ether oxygens (including phenoxy) is 1. The fourth-order valence-electron chi connectivity index (χ4n) is 1.22. The quantitative estimate of drug-likeness (QED) is 0.560. The van der Waals surface area contributed by atoms with Crippen molar-refractivity contribution in [2.24, 2.45) is 0 Å². The van der Waals surface area contributed by atoms with Crippen LogP contribution in [0.3, 0.4) is 0 Å². The minimum absolute atomic E-state index is 0.747. The van der Waals surface area contributed by atoms with Gasteiger partial charge in [0.25, 0.3) is 0 Å². The molecule has 0 bridgehead atoms. The third-order valence-corrected chi connectivity index (χ3v) is 3.31. The molecule has 1 heterocycles. The molecule has 3 nitrogen and oxygen atoms in total. The fourth-order valence-corrected chi connectivity index (χ4v) is 2.13. The Kier molecular flexibility index (Phi) is 6.30.